The highest BCUT2D eigenvalue weighted by Gasteiger charge is 2.18. The minimum absolute atomic E-state index is 0.255. The maximum Gasteiger partial charge on any atom is 0.124 e. The van der Waals surface area contributed by atoms with Crippen molar-refractivity contribution in [2.24, 2.45) is 11.7 Å². The van der Waals surface area contributed by atoms with Crippen molar-refractivity contribution in [2.45, 2.75) is 32.7 Å². The third-order valence-electron chi connectivity index (χ3n) is 3.83. The molecule has 0 saturated carbocycles. The summed E-state index contributed by atoms with van der Waals surface area (Å²) in [5, 5.41) is 0. The van der Waals surface area contributed by atoms with Crippen molar-refractivity contribution < 1.29 is 4.39 Å². The van der Waals surface area contributed by atoms with E-state index in [-0.39, 0.29) is 10.8 Å². The quantitative estimate of drug-likeness (QED) is 0.859. The van der Waals surface area contributed by atoms with Crippen LogP contribution in [0.25, 0.3) is 0 Å². The Morgan fingerprint density at radius 3 is 2.95 bits per heavy atom. The maximum absolute atomic E-state index is 13.6. The second kappa shape index (κ2) is 6.44. The summed E-state index contributed by atoms with van der Waals surface area (Å²) >= 11 is 4.92. The molecule has 1 aliphatic rings. The summed E-state index contributed by atoms with van der Waals surface area (Å²) in [6.45, 7) is 5.22. The van der Waals surface area contributed by atoms with Crippen LogP contribution in [-0.2, 0) is 6.54 Å². The summed E-state index contributed by atoms with van der Waals surface area (Å²) in [6, 6.07) is 4.88. The number of piperidine rings is 1. The molecule has 0 aromatic heterocycles. The van der Waals surface area contributed by atoms with E-state index in [1.807, 2.05) is 6.07 Å². The van der Waals surface area contributed by atoms with Gasteiger partial charge in [0, 0.05) is 18.7 Å². The molecule has 1 unspecified atom stereocenters. The second-order valence-corrected chi connectivity index (χ2v) is 5.80. The molecular weight excluding hydrogens is 259 g/mol. The number of benzene rings is 1. The molecule has 2 N–H and O–H groups in total. The third-order valence-corrected chi connectivity index (χ3v) is 4.06. The fourth-order valence-corrected chi connectivity index (χ4v) is 2.89. The van der Waals surface area contributed by atoms with Gasteiger partial charge >= 0.3 is 0 Å². The van der Waals surface area contributed by atoms with Gasteiger partial charge in [-0.1, -0.05) is 25.6 Å². The predicted octanol–water partition coefficient (Wildman–Crippen LogP) is 3.08. The van der Waals surface area contributed by atoms with Crippen molar-refractivity contribution in [1.29, 1.82) is 0 Å². The Hall–Kier alpha value is -1.00. The van der Waals surface area contributed by atoms with Crippen molar-refractivity contribution in [1.82, 2.24) is 4.90 Å². The third kappa shape index (κ3) is 3.98. The van der Waals surface area contributed by atoms with Crippen molar-refractivity contribution >= 4 is 17.2 Å². The fraction of sp³-hybridized carbons (Fsp3) is 0.533. The smallest absolute Gasteiger partial charge is 0.124 e. The Morgan fingerprint density at radius 2 is 2.26 bits per heavy atom. The molecule has 0 amide bonds. The van der Waals surface area contributed by atoms with Crippen molar-refractivity contribution in [3.63, 3.8) is 0 Å². The van der Waals surface area contributed by atoms with Crippen LogP contribution in [-0.4, -0.2) is 23.0 Å². The number of hydrogen-bond acceptors (Lipinski definition) is 2. The minimum Gasteiger partial charge on any atom is -0.389 e. The van der Waals surface area contributed by atoms with E-state index in [1.54, 1.807) is 6.07 Å². The number of nitrogens with two attached hydrogens (primary N) is 1. The van der Waals surface area contributed by atoms with Crippen LogP contribution in [0.5, 0.6) is 0 Å². The largest absolute Gasteiger partial charge is 0.389 e. The van der Waals surface area contributed by atoms with E-state index in [0.29, 0.717) is 5.56 Å². The van der Waals surface area contributed by atoms with E-state index in [2.05, 4.69) is 11.8 Å². The first-order chi connectivity index (χ1) is 9.08. The molecule has 1 aromatic carbocycles. The molecule has 4 heteroatoms. The van der Waals surface area contributed by atoms with Crippen LogP contribution in [0.4, 0.5) is 4.39 Å². The zero-order chi connectivity index (χ0) is 13.8. The number of halogens is 1. The summed E-state index contributed by atoms with van der Waals surface area (Å²) in [4.78, 5) is 2.65. The van der Waals surface area contributed by atoms with E-state index in [0.717, 1.165) is 31.1 Å². The van der Waals surface area contributed by atoms with Gasteiger partial charge in [-0.05, 0) is 49.1 Å². The molecule has 1 aliphatic heterocycles. The number of hydrogen-bond donors (Lipinski definition) is 1. The van der Waals surface area contributed by atoms with Gasteiger partial charge in [0.2, 0.25) is 0 Å². The van der Waals surface area contributed by atoms with Gasteiger partial charge in [0.1, 0.15) is 10.8 Å². The molecule has 0 bridgehead atoms. The lowest BCUT2D eigenvalue weighted by Gasteiger charge is -2.32. The predicted molar refractivity (Wildman–Crippen MR) is 80.6 cm³/mol. The van der Waals surface area contributed by atoms with E-state index < -0.39 is 0 Å². The Kier molecular flexibility index (Phi) is 4.88. The Bertz CT molecular complexity index is 461. The second-order valence-electron chi connectivity index (χ2n) is 5.36. The van der Waals surface area contributed by atoms with Gasteiger partial charge in [-0.2, -0.15) is 0 Å². The van der Waals surface area contributed by atoms with Crippen molar-refractivity contribution in [2.75, 3.05) is 13.1 Å². The molecule has 1 aromatic rings. The number of thiocarbonyl (C=S) groups is 1. The van der Waals surface area contributed by atoms with Gasteiger partial charge in [0.05, 0.1) is 0 Å². The Labute approximate surface area is 119 Å². The molecule has 2 nitrogen and oxygen atoms in total. The monoisotopic (exact) mass is 280 g/mol. The summed E-state index contributed by atoms with van der Waals surface area (Å²) in [5.41, 5.74) is 7.16. The van der Waals surface area contributed by atoms with Crippen LogP contribution in [0.2, 0.25) is 0 Å². The first-order valence-electron chi connectivity index (χ1n) is 6.90. The molecule has 1 fully saturated rings. The topological polar surface area (TPSA) is 29.3 Å². The molecule has 104 valence electrons. The highest BCUT2D eigenvalue weighted by atomic mass is 32.1. The summed E-state index contributed by atoms with van der Waals surface area (Å²) in [5.74, 6) is 0.515. The summed E-state index contributed by atoms with van der Waals surface area (Å²) in [6.07, 6.45) is 3.77. The molecule has 0 radical (unpaired) electrons. The van der Waals surface area contributed by atoms with Crippen LogP contribution >= 0.6 is 12.2 Å². The van der Waals surface area contributed by atoms with Crippen LogP contribution in [0.1, 0.15) is 37.3 Å². The van der Waals surface area contributed by atoms with Gasteiger partial charge in [0.15, 0.2) is 0 Å². The van der Waals surface area contributed by atoms with Gasteiger partial charge in [0.25, 0.3) is 0 Å². The first-order valence-corrected chi connectivity index (χ1v) is 7.31. The molecule has 1 atom stereocenters. The lowest BCUT2D eigenvalue weighted by atomic mass is 9.95. The number of nitrogens with zero attached hydrogens (tertiary/aromatic N) is 1. The molecule has 1 saturated heterocycles. The SMILES string of the molecule is CCC1CCCN(Cc2cc(F)cc(C(N)=S)c2)C1. The van der Waals surface area contributed by atoms with Gasteiger partial charge in [-0.25, -0.2) is 4.39 Å². The van der Waals surface area contributed by atoms with E-state index in [1.165, 1.54) is 25.3 Å². The zero-order valence-electron chi connectivity index (χ0n) is 11.4. The molecule has 19 heavy (non-hydrogen) atoms. The van der Waals surface area contributed by atoms with Crippen molar-refractivity contribution in [3.8, 4) is 0 Å². The first kappa shape index (κ1) is 14.4. The number of likely N-dealkylation sites (tertiary alicyclic amines) is 1. The maximum atomic E-state index is 13.6. The van der Waals surface area contributed by atoms with Crippen LogP contribution < -0.4 is 5.73 Å². The van der Waals surface area contributed by atoms with Gasteiger partial charge in [-0.15, -0.1) is 0 Å². The highest BCUT2D eigenvalue weighted by molar-refractivity contribution is 7.80. The highest BCUT2D eigenvalue weighted by Crippen LogP contribution is 2.21. The summed E-state index contributed by atoms with van der Waals surface area (Å²) in [7, 11) is 0. The summed E-state index contributed by atoms with van der Waals surface area (Å²) < 4.78 is 13.6. The van der Waals surface area contributed by atoms with E-state index >= 15 is 0 Å². The Morgan fingerprint density at radius 1 is 1.47 bits per heavy atom. The van der Waals surface area contributed by atoms with Gasteiger partial charge in [-0.3, -0.25) is 4.90 Å². The average molecular weight is 280 g/mol. The normalized spacial score (nSPS) is 20.4. The lowest BCUT2D eigenvalue weighted by Crippen LogP contribution is -2.34. The molecular formula is C15H21FN2S. The number of rotatable bonds is 4. The van der Waals surface area contributed by atoms with Crippen molar-refractivity contribution in [3.05, 3.63) is 35.1 Å². The standard InChI is InChI=1S/C15H21FN2S/c1-2-11-4-3-5-18(9-11)10-12-6-13(15(17)19)8-14(16)7-12/h6-8,11H,2-5,9-10H2,1H3,(H2,17,19). The van der Waals surface area contributed by atoms with Crippen LogP contribution in [0, 0.1) is 11.7 Å². The Balaban J connectivity index is 2.08. The molecule has 1 heterocycles. The van der Waals surface area contributed by atoms with Crippen LogP contribution in [0.15, 0.2) is 18.2 Å². The minimum atomic E-state index is -0.260. The zero-order valence-corrected chi connectivity index (χ0v) is 12.2. The average Bonchev–Trinajstić information content (AvgIpc) is 2.38. The lowest BCUT2D eigenvalue weighted by molar-refractivity contribution is 0.164. The van der Waals surface area contributed by atoms with E-state index in [4.69, 9.17) is 18.0 Å². The fourth-order valence-electron chi connectivity index (χ4n) is 2.77. The van der Waals surface area contributed by atoms with Crippen LogP contribution in [0.3, 0.4) is 0 Å². The van der Waals surface area contributed by atoms with E-state index in [9.17, 15) is 4.39 Å². The molecule has 0 spiro atoms. The van der Waals surface area contributed by atoms with Gasteiger partial charge < -0.3 is 5.73 Å². The molecule has 2 rings (SSSR count). The molecule has 0 aliphatic carbocycles.